The molecule has 1 aliphatic rings. The molecular weight excluding hydrogens is 230 g/mol. The lowest BCUT2D eigenvalue weighted by Gasteiger charge is -2.03. The van der Waals surface area contributed by atoms with Crippen molar-refractivity contribution in [2.45, 2.75) is 26.2 Å². The van der Waals surface area contributed by atoms with E-state index in [9.17, 15) is 0 Å². The number of aromatic nitrogens is 1. The topological polar surface area (TPSA) is 50.9 Å². The molecule has 0 radical (unpaired) electrons. The molecule has 4 heteroatoms. The molecular formula is C13H15N3S. The second-order valence-corrected chi connectivity index (χ2v) is 5.61. The summed E-state index contributed by atoms with van der Waals surface area (Å²) in [4.78, 5) is 5.71. The highest BCUT2D eigenvalue weighted by molar-refractivity contribution is 7.15. The first-order valence-corrected chi connectivity index (χ1v) is 6.66. The standard InChI is InChI=1S/C13H15N3S/c1-8-12(15-13(16-14)17-8)11-6-5-9-3-2-4-10(9)7-11/h5-7H,2-4,14H2,1H3,(H,15,16). The zero-order chi connectivity index (χ0) is 11.8. The Labute approximate surface area is 105 Å². The highest BCUT2D eigenvalue weighted by Gasteiger charge is 2.14. The maximum atomic E-state index is 5.40. The molecule has 0 fully saturated rings. The van der Waals surface area contributed by atoms with E-state index in [1.165, 1.54) is 40.8 Å². The second kappa shape index (κ2) is 4.13. The van der Waals surface area contributed by atoms with E-state index in [1.54, 1.807) is 11.3 Å². The molecule has 0 aliphatic heterocycles. The summed E-state index contributed by atoms with van der Waals surface area (Å²) in [6.45, 7) is 2.08. The van der Waals surface area contributed by atoms with Crippen LogP contribution in [0.15, 0.2) is 18.2 Å². The van der Waals surface area contributed by atoms with E-state index in [1.807, 2.05) is 0 Å². The minimum atomic E-state index is 0.776. The monoisotopic (exact) mass is 245 g/mol. The van der Waals surface area contributed by atoms with Gasteiger partial charge in [-0.1, -0.05) is 12.1 Å². The number of nitrogen functional groups attached to an aromatic ring is 1. The van der Waals surface area contributed by atoms with Gasteiger partial charge in [0.1, 0.15) is 0 Å². The highest BCUT2D eigenvalue weighted by Crippen LogP contribution is 2.32. The number of nitrogens with two attached hydrogens (primary N) is 1. The number of rotatable bonds is 2. The van der Waals surface area contributed by atoms with Gasteiger partial charge in [-0.2, -0.15) is 0 Å². The summed E-state index contributed by atoms with van der Waals surface area (Å²) >= 11 is 1.60. The van der Waals surface area contributed by atoms with Crippen molar-refractivity contribution in [2.24, 2.45) is 5.84 Å². The summed E-state index contributed by atoms with van der Waals surface area (Å²) in [6.07, 6.45) is 3.71. The van der Waals surface area contributed by atoms with Crippen molar-refractivity contribution < 1.29 is 0 Å². The maximum Gasteiger partial charge on any atom is 0.197 e. The lowest BCUT2D eigenvalue weighted by molar-refractivity contribution is 0.912. The zero-order valence-corrected chi connectivity index (χ0v) is 10.6. The van der Waals surface area contributed by atoms with E-state index in [-0.39, 0.29) is 0 Å². The van der Waals surface area contributed by atoms with Gasteiger partial charge in [-0.25, -0.2) is 10.8 Å². The van der Waals surface area contributed by atoms with Crippen LogP contribution in [0.5, 0.6) is 0 Å². The molecule has 1 aliphatic carbocycles. The summed E-state index contributed by atoms with van der Waals surface area (Å²) in [6, 6.07) is 6.70. The SMILES string of the molecule is Cc1sc(NN)nc1-c1ccc2c(c1)CCC2. The van der Waals surface area contributed by atoms with Crippen molar-refractivity contribution in [1.29, 1.82) is 0 Å². The first kappa shape index (κ1) is 10.7. The predicted molar refractivity (Wildman–Crippen MR) is 72.1 cm³/mol. The summed E-state index contributed by atoms with van der Waals surface area (Å²) in [5.41, 5.74) is 7.86. The number of thiazole rings is 1. The number of nitrogens with one attached hydrogen (secondary N) is 1. The van der Waals surface area contributed by atoms with E-state index in [0.717, 1.165) is 10.8 Å². The van der Waals surface area contributed by atoms with Crippen LogP contribution in [0.3, 0.4) is 0 Å². The number of benzene rings is 1. The number of aryl methyl sites for hydroxylation is 3. The molecule has 88 valence electrons. The molecule has 2 aromatic rings. The third kappa shape index (κ3) is 1.83. The largest absolute Gasteiger partial charge is 0.300 e. The lowest BCUT2D eigenvalue weighted by atomic mass is 10.0. The molecule has 1 aromatic carbocycles. The van der Waals surface area contributed by atoms with E-state index < -0.39 is 0 Å². The number of nitrogens with zero attached hydrogens (tertiary/aromatic N) is 1. The average molecular weight is 245 g/mol. The first-order valence-electron chi connectivity index (χ1n) is 5.84. The van der Waals surface area contributed by atoms with Crippen LogP contribution >= 0.6 is 11.3 Å². The molecule has 0 bridgehead atoms. The van der Waals surface area contributed by atoms with E-state index >= 15 is 0 Å². The molecule has 3 rings (SSSR count). The van der Waals surface area contributed by atoms with Crippen LogP contribution < -0.4 is 11.3 Å². The second-order valence-electron chi connectivity index (χ2n) is 4.41. The van der Waals surface area contributed by atoms with Gasteiger partial charge in [-0.3, -0.25) is 5.43 Å². The van der Waals surface area contributed by atoms with Gasteiger partial charge in [-0.15, -0.1) is 11.3 Å². The van der Waals surface area contributed by atoms with Crippen LogP contribution in [-0.2, 0) is 12.8 Å². The number of hydrogen-bond donors (Lipinski definition) is 2. The van der Waals surface area contributed by atoms with Gasteiger partial charge < -0.3 is 0 Å². The molecule has 0 saturated carbocycles. The van der Waals surface area contributed by atoms with Crippen LogP contribution in [0, 0.1) is 6.92 Å². The molecule has 0 unspecified atom stereocenters. The maximum absolute atomic E-state index is 5.40. The fraction of sp³-hybridized carbons (Fsp3) is 0.308. The predicted octanol–water partition coefficient (Wildman–Crippen LogP) is 2.89. The van der Waals surface area contributed by atoms with Crippen molar-refractivity contribution >= 4 is 16.5 Å². The summed E-state index contributed by atoms with van der Waals surface area (Å²) in [7, 11) is 0. The van der Waals surface area contributed by atoms with E-state index in [4.69, 9.17) is 5.84 Å². The van der Waals surface area contributed by atoms with Gasteiger partial charge in [0.15, 0.2) is 5.13 Å². The van der Waals surface area contributed by atoms with Gasteiger partial charge in [0, 0.05) is 10.4 Å². The van der Waals surface area contributed by atoms with Crippen LogP contribution in [0.1, 0.15) is 22.4 Å². The fourth-order valence-electron chi connectivity index (χ4n) is 2.45. The Kier molecular flexibility index (Phi) is 2.61. The van der Waals surface area contributed by atoms with Crippen LogP contribution in [0.4, 0.5) is 5.13 Å². The lowest BCUT2D eigenvalue weighted by Crippen LogP contribution is -2.05. The number of hydrazine groups is 1. The zero-order valence-electron chi connectivity index (χ0n) is 9.79. The fourth-order valence-corrected chi connectivity index (χ4v) is 3.19. The van der Waals surface area contributed by atoms with E-state index in [2.05, 4.69) is 35.5 Å². The van der Waals surface area contributed by atoms with Crippen molar-refractivity contribution in [2.75, 3.05) is 5.43 Å². The van der Waals surface area contributed by atoms with Crippen LogP contribution in [0.25, 0.3) is 11.3 Å². The Morgan fingerprint density at radius 1 is 1.29 bits per heavy atom. The number of fused-ring (bicyclic) bond motifs is 1. The Hall–Kier alpha value is -1.39. The Bertz CT molecular complexity index is 560. The third-order valence-electron chi connectivity index (χ3n) is 3.29. The van der Waals surface area contributed by atoms with Gasteiger partial charge >= 0.3 is 0 Å². The highest BCUT2D eigenvalue weighted by atomic mass is 32.1. The molecule has 3 nitrogen and oxygen atoms in total. The molecule has 0 atom stereocenters. The first-order chi connectivity index (χ1) is 8.28. The number of anilines is 1. The van der Waals surface area contributed by atoms with Gasteiger partial charge in [-0.05, 0) is 43.4 Å². The minimum absolute atomic E-state index is 0.776. The molecule has 17 heavy (non-hydrogen) atoms. The number of hydrogen-bond acceptors (Lipinski definition) is 4. The Morgan fingerprint density at radius 2 is 2.12 bits per heavy atom. The van der Waals surface area contributed by atoms with Crippen molar-refractivity contribution in [3.63, 3.8) is 0 Å². The van der Waals surface area contributed by atoms with Gasteiger partial charge in [0.05, 0.1) is 5.69 Å². The third-order valence-corrected chi connectivity index (χ3v) is 4.19. The van der Waals surface area contributed by atoms with Crippen molar-refractivity contribution in [1.82, 2.24) is 4.98 Å². The quantitative estimate of drug-likeness (QED) is 0.632. The normalized spacial score (nSPS) is 13.8. The van der Waals surface area contributed by atoms with E-state index in [0.29, 0.717) is 0 Å². The molecule has 0 saturated heterocycles. The van der Waals surface area contributed by atoms with Crippen LogP contribution in [0.2, 0.25) is 0 Å². The molecule has 0 spiro atoms. The summed E-state index contributed by atoms with van der Waals surface area (Å²) in [5.74, 6) is 5.40. The molecule has 1 heterocycles. The van der Waals surface area contributed by atoms with Crippen LogP contribution in [-0.4, -0.2) is 4.98 Å². The molecule has 0 amide bonds. The van der Waals surface area contributed by atoms with Crippen molar-refractivity contribution in [3.8, 4) is 11.3 Å². The van der Waals surface area contributed by atoms with Gasteiger partial charge in [0.2, 0.25) is 0 Å². The summed E-state index contributed by atoms with van der Waals surface area (Å²) in [5, 5.41) is 0.776. The summed E-state index contributed by atoms with van der Waals surface area (Å²) < 4.78 is 0. The molecule has 1 aromatic heterocycles. The Balaban J connectivity index is 2.06. The minimum Gasteiger partial charge on any atom is -0.300 e. The van der Waals surface area contributed by atoms with Gasteiger partial charge in [0.25, 0.3) is 0 Å². The smallest absolute Gasteiger partial charge is 0.197 e. The average Bonchev–Trinajstić information content (AvgIpc) is 2.93. The molecule has 3 N–H and O–H groups in total. The van der Waals surface area contributed by atoms with Crippen molar-refractivity contribution in [3.05, 3.63) is 34.2 Å². The Morgan fingerprint density at radius 3 is 2.88 bits per heavy atom.